The van der Waals surface area contributed by atoms with Crippen LogP contribution in [0, 0.1) is 3.57 Å². The summed E-state index contributed by atoms with van der Waals surface area (Å²) in [6.45, 7) is 0.0295. The summed E-state index contributed by atoms with van der Waals surface area (Å²) in [4.78, 5) is 11.8. The molecule has 0 bridgehead atoms. The van der Waals surface area contributed by atoms with Crippen LogP contribution in [0.5, 0.6) is 5.75 Å². The molecule has 0 atom stereocenters. The highest BCUT2D eigenvalue weighted by Gasteiger charge is 2.06. The molecule has 0 amide bonds. The van der Waals surface area contributed by atoms with Crippen molar-refractivity contribution >= 4 is 40.0 Å². The second-order valence-electron chi connectivity index (χ2n) is 3.68. The van der Waals surface area contributed by atoms with E-state index in [-0.39, 0.29) is 12.4 Å². The highest BCUT2D eigenvalue weighted by Crippen LogP contribution is 2.15. The Morgan fingerprint density at radius 3 is 2.56 bits per heavy atom. The summed E-state index contributed by atoms with van der Waals surface area (Å²) in [5, 5.41) is 0.616. The van der Waals surface area contributed by atoms with Gasteiger partial charge in [0.05, 0.1) is 0 Å². The van der Waals surface area contributed by atoms with E-state index in [4.69, 9.17) is 16.3 Å². The van der Waals surface area contributed by atoms with Crippen LogP contribution in [0.25, 0.3) is 0 Å². The topological polar surface area (TPSA) is 26.3 Å². The molecular formula is C14H10ClIO2. The van der Waals surface area contributed by atoms with Crippen molar-refractivity contribution in [2.24, 2.45) is 0 Å². The average molecular weight is 373 g/mol. The van der Waals surface area contributed by atoms with E-state index < -0.39 is 0 Å². The van der Waals surface area contributed by atoms with Gasteiger partial charge in [0.1, 0.15) is 5.75 Å². The van der Waals surface area contributed by atoms with Crippen molar-refractivity contribution in [3.8, 4) is 5.75 Å². The second kappa shape index (κ2) is 6.20. The van der Waals surface area contributed by atoms with Crippen LogP contribution in [0.1, 0.15) is 10.4 Å². The Hall–Kier alpha value is -1.07. The first-order valence-corrected chi connectivity index (χ1v) is 6.78. The third-order valence-electron chi connectivity index (χ3n) is 2.33. The van der Waals surface area contributed by atoms with E-state index in [0.717, 1.165) is 3.57 Å². The van der Waals surface area contributed by atoms with Crippen LogP contribution in [-0.2, 0) is 0 Å². The van der Waals surface area contributed by atoms with Gasteiger partial charge in [-0.1, -0.05) is 17.7 Å². The van der Waals surface area contributed by atoms with Crippen molar-refractivity contribution < 1.29 is 9.53 Å². The van der Waals surface area contributed by atoms with Crippen molar-refractivity contribution in [3.05, 3.63) is 62.7 Å². The number of benzene rings is 2. The summed E-state index contributed by atoms with van der Waals surface area (Å²) in [6, 6.07) is 14.4. The van der Waals surface area contributed by atoms with Gasteiger partial charge in [0.25, 0.3) is 0 Å². The molecule has 0 aliphatic rings. The SMILES string of the molecule is O=C(COc1cccc(I)c1)c1ccc(Cl)cc1. The third-order valence-corrected chi connectivity index (χ3v) is 3.26. The number of ether oxygens (including phenoxy) is 1. The lowest BCUT2D eigenvalue weighted by Gasteiger charge is -2.05. The Bertz CT molecular complexity index is 552. The maximum absolute atomic E-state index is 11.8. The molecule has 2 aromatic rings. The lowest BCUT2D eigenvalue weighted by molar-refractivity contribution is 0.0921. The quantitative estimate of drug-likeness (QED) is 0.594. The van der Waals surface area contributed by atoms with E-state index in [0.29, 0.717) is 16.3 Å². The van der Waals surface area contributed by atoms with E-state index in [1.54, 1.807) is 24.3 Å². The molecule has 0 spiro atoms. The number of hydrogen-bond donors (Lipinski definition) is 0. The molecule has 2 aromatic carbocycles. The van der Waals surface area contributed by atoms with Gasteiger partial charge < -0.3 is 4.74 Å². The molecule has 0 N–H and O–H groups in total. The predicted molar refractivity (Wildman–Crippen MR) is 80.4 cm³/mol. The first-order valence-electron chi connectivity index (χ1n) is 5.32. The molecule has 2 nitrogen and oxygen atoms in total. The van der Waals surface area contributed by atoms with Gasteiger partial charge in [-0.3, -0.25) is 4.79 Å². The Morgan fingerprint density at radius 2 is 1.89 bits per heavy atom. The molecule has 92 valence electrons. The molecule has 2 rings (SSSR count). The fraction of sp³-hybridized carbons (Fsp3) is 0.0714. The summed E-state index contributed by atoms with van der Waals surface area (Å²) in [5.74, 6) is 0.634. The van der Waals surface area contributed by atoms with Gasteiger partial charge in [-0.05, 0) is 65.1 Å². The van der Waals surface area contributed by atoms with Crippen molar-refractivity contribution in [1.82, 2.24) is 0 Å². The lowest BCUT2D eigenvalue weighted by Crippen LogP contribution is -2.11. The Labute approximate surface area is 124 Å². The van der Waals surface area contributed by atoms with Crippen LogP contribution in [-0.4, -0.2) is 12.4 Å². The normalized spacial score (nSPS) is 10.1. The van der Waals surface area contributed by atoms with E-state index in [9.17, 15) is 4.79 Å². The van der Waals surface area contributed by atoms with Gasteiger partial charge in [-0.2, -0.15) is 0 Å². The lowest BCUT2D eigenvalue weighted by atomic mass is 10.1. The van der Waals surface area contributed by atoms with E-state index >= 15 is 0 Å². The summed E-state index contributed by atoms with van der Waals surface area (Å²) in [6.07, 6.45) is 0. The second-order valence-corrected chi connectivity index (χ2v) is 5.36. The molecule has 0 aliphatic carbocycles. The minimum absolute atomic E-state index is 0.0295. The Kier molecular flexibility index (Phi) is 4.60. The van der Waals surface area contributed by atoms with Crippen molar-refractivity contribution in [2.75, 3.05) is 6.61 Å². The van der Waals surface area contributed by atoms with Gasteiger partial charge in [0.15, 0.2) is 12.4 Å². The molecule has 18 heavy (non-hydrogen) atoms. The number of carbonyl (C=O) groups excluding carboxylic acids is 1. The maximum atomic E-state index is 11.8. The minimum Gasteiger partial charge on any atom is -0.485 e. The smallest absolute Gasteiger partial charge is 0.200 e. The fourth-order valence-corrected chi connectivity index (χ4v) is 2.07. The summed E-state index contributed by atoms with van der Waals surface area (Å²) >= 11 is 7.96. The molecule has 0 radical (unpaired) electrons. The zero-order valence-corrected chi connectivity index (χ0v) is 12.3. The fourth-order valence-electron chi connectivity index (χ4n) is 1.42. The number of rotatable bonds is 4. The molecule has 0 aliphatic heterocycles. The van der Waals surface area contributed by atoms with Crippen LogP contribution in [0.2, 0.25) is 5.02 Å². The van der Waals surface area contributed by atoms with Crippen molar-refractivity contribution in [2.45, 2.75) is 0 Å². The Morgan fingerprint density at radius 1 is 1.17 bits per heavy atom. The molecule has 0 saturated heterocycles. The molecule has 0 aromatic heterocycles. The zero-order valence-electron chi connectivity index (χ0n) is 9.40. The number of Topliss-reactive ketones (excluding diaryl/α,β-unsaturated/α-hetero) is 1. The summed E-state index contributed by atoms with van der Waals surface area (Å²) < 4.78 is 6.52. The first-order chi connectivity index (χ1) is 8.65. The van der Waals surface area contributed by atoms with E-state index in [1.807, 2.05) is 24.3 Å². The van der Waals surface area contributed by atoms with Crippen molar-refractivity contribution in [1.29, 1.82) is 0 Å². The van der Waals surface area contributed by atoms with E-state index in [1.165, 1.54) is 0 Å². The minimum atomic E-state index is -0.0643. The Balaban J connectivity index is 1.98. The molecule has 0 fully saturated rings. The summed E-state index contributed by atoms with van der Waals surface area (Å²) in [7, 11) is 0. The van der Waals surface area contributed by atoms with Crippen LogP contribution in [0.3, 0.4) is 0 Å². The van der Waals surface area contributed by atoms with Gasteiger partial charge >= 0.3 is 0 Å². The monoisotopic (exact) mass is 372 g/mol. The standard InChI is InChI=1S/C14H10ClIO2/c15-11-6-4-10(5-7-11)14(17)9-18-13-3-1-2-12(16)8-13/h1-8H,9H2. The molecular weight excluding hydrogens is 363 g/mol. The van der Waals surface area contributed by atoms with Crippen LogP contribution < -0.4 is 4.74 Å². The van der Waals surface area contributed by atoms with Crippen molar-refractivity contribution in [3.63, 3.8) is 0 Å². The van der Waals surface area contributed by atoms with Crippen LogP contribution >= 0.6 is 34.2 Å². The zero-order chi connectivity index (χ0) is 13.0. The molecule has 0 unspecified atom stereocenters. The van der Waals surface area contributed by atoms with Crippen LogP contribution in [0.4, 0.5) is 0 Å². The first kappa shape index (κ1) is 13.4. The maximum Gasteiger partial charge on any atom is 0.200 e. The number of halogens is 2. The largest absolute Gasteiger partial charge is 0.485 e. The average Bonchev–Trinajstić information content (AvgIpc) is 2.37. The van der Waals surface area contributed by atoms with Gasteiger partial charge in [-0.15, -0.1) is 0 Å². The third kappa shape index (κ3) is 3.71. The van der Waals surface area contributed by atoms with Gasteiger partial charge in [0, 0.05) is 14.2 Å². The number of hydrogen-bond acceptors (Lipinski definition) is 2. The predicted octanol–water partition coefficient (Wildman–Crippen LogP) is 4.21. The molecule has 4 heteroatoms. The van der Waals surface area contributed by atoms with Crippen LogP contribution in [0.15, 0.2) is 48.5 Å². The summed E-state index contributed by atoms with van der Waals surface area (Å²) in [5.41, 5.74) is 0.602. The highest BCUT2D eigenvalue weighted by molar-refractivity contribution is 14.1. The molecule has 0 heterocycles. The van der Waals surface area contributed by atoms with Gasteiger partial charge in [0.2, 0.25) is 0 Å². The number of ketones is 1. The molecule has 0 saturated carbocycles. The van der Waals surface area contributed by atoms with Gasteiger partial charge in [-0.25, -0.2) is 0 Å². The highest BCUT2D eigenvalue weighted by atomic mass is 127. The van der Waals surface area contributed by atoms with E-state index in [2.05, 4.69) is 22.6 Å². The number of carbonyl (C=O) groups is 1.